The Morgan fingerprint density at radius 3 is 2.93 bits per heavy atom. The Hall–Kier alpha value is -2.35. The lowest BCUT2D eigenvalue weighted by molar-refractivity contribution is -0.130. The molecular weight excluding hydrogens is 414 g/mol. The molecule has 142 valence electrons. The van der Waals surface area contributed by atoms with Crippen LogP contribution in [0.15, 0.2) is 59.2 Å². The first-order valence-electron chi connectivity index (χ1n) is 8.58. The molecule has 0 unspecified atom stereocenters. The predicted molar refractivity (Wildman–Crippen MR) is 114 cm³/mol. The number of ether oxygens (including phenoxy) is 1. The third-order valence-electron chi connectivity index (χ3n) is 4.01. The number of carbonyl (C=O) groups is 1. The molecule has 1 amide bonds. The van der Waals surface area contributed by atoms with Crippen LogP contribution in [0, 0.1) is 0 Å². The quantitative estimate of drug-likeness (QED) is 0.582. The van der Waals surface area contributed by atoms with Gasteiger partial charge in [0.15, 0.2) is 6.61 Å². The Bertz CT molecular complexity index is 990. The molecule has 0 spiro atoms. The summed E-state index contributed by atoms with van der Waals surface area (Å²) in [6, 6.07) is 10.8. The summed E-state index contributed by atoms with van der Waals surface area (Å²) in [7, 11) is 0. The highest BCUT2D eigenvalue weighted by Gasteiger charge is 2.24. The van der Waals surface area contributed by atoms with E-state index in [0.717, 1.165) is 27.0 Å². The molecule has 0 radical (unpaired) electrons. The molecule has 5 nitrogen and oxygen atoms in total. The van der Waals surface area contributed by atoms with E-state index < -0.39 is 0 Å². The number of halogens is 1. The first-order valence-corrected chi connectivity index (χ1v) is 10.8. The Balaban J connectivity index is 1.43. The first-order chi connectivity index (χ1) is 13.7. The number of nitrogens with zero attached hydrogens (tertiary/aromatic N) is 3. The highest BCUT2D eigenvalue weighted by Crippen LogP contribution is 2.31. The van der Waals surface area contributed by atoms with Gasteiger partial charge in [-0.2, -0.15) is 0 Å². The van der Waals surface area contributed by atoms with Crippen LogP contribution in [0.4, 0.5) is 0 Å². The summed E-state index contributed by atoms with van der Waals surface area (Å²) in [6.07, 6.45) is 5.49. The molecule has 0 aliphatic carbocycles. The van der Waals surface area contributed by atoms with Gasteiger partial charge in [-0.25, -0.2) is 4.98 Å². The molecule has 2 aromatic heterocycles. The minimum atomic E-state index is -0.0751. The number of amides is 1. The smallest absolute Gasteiger partial charge is 0.265 e. The molecule has 28 heavy (non-hydrogen) atoms. The van der Waals surface area contributed by atoms with Crippen LogP contribution in [0.3, 0.4) is 0 Å². The van der Waals surface area contributed by atoms with E-state index in [0.29, 0.717) is 17.3 Å². The van der Waals surface area contributed by atoms with E-state index in [2.05, 4.69) is 9.97 Å². The number of hydrogen-bond donors (Lipinski definition) is 0. The topological polar surface area (TPSA) is 55.3 Å². The molecule has 1 aliphatic heterocycles. The Labute approximate surface area is 176 Å². The highest BCUT2D eigenvalue weighted by atomic mass is 35.5. The van der Waals surface area contributed by atoms with Crippen molar-refractivity contribution < 1.29 is 9.53 Å². The van der Waals surface area contributed by atoms with E-state index in [1.165, 1.54) is 0 Å². The number of thioether (sulfide) groups is 1. The number of thiazole rings is 1. The van der Waals surface area contributed by atoms with Crippen molar-refractivity contribution in [1.29, 1.82) is 0 Å². The Kier molecular flexibility index (Phi) is 5.95. The molecule has 1 aliphatic rings. The van der Waals surface area contributed by atoms with Gasteiger partial charge >= 0.3 is 0 Å². The van der Waals surface area contributed by atoms with Crippen molar-refractivity contribution in [2.45, 2.75) is 0 Å². The van der Waals surface area contributed by atoms with E-state index in [-0.39, 0.29) is 12.5 Å². The van der Waals surface area contributed by atoms with E-state index in [1.54, 1.807) is 64.7 Å². The van der Waals surface area contributed by atoms with Gasteiger partial charge in [0.05, 0.1) is 10.7 Å². The van der Waals surface area contributed by atoms with Crippen molar-refractivity contribution in [3.63, 3.8) is 0 Å². The molecule has 1 saturated heterocycles. The molecule has 3 aromatic rings. The van der Waals surface area contributed by atoms with Crippen LogP contribution >= 0.6 is 34.7 Å². The van der Waals surface area contributed by atoms with Gasteiger partial charge in [-0.05, 0) is 42.5 Å². The molecule has 1 aromatic carbocycles. The standard InChI is InChI=1S/C20H16ClN3O2S2/c21-15-3-5-17(6-4-15)26-12-18(25)24-8-9-27-19(24)10-16-13-28-20(23-16)14-2-1-7-22-11-14/h1-7,10-11,13H,8-9,12H2/b19-10+. The molecule has 0 N–H and O–H groups in total. The summed E-state index contributed by atoms with van der Waals surface area (Å²) >= 11 is 9.07. The third kappa shape index (κ3) is 4.55. The number of carbonyl (C=O) groups excluding carboxylic acids is 1. The lowest BCUT2D eigenvalue weighted by Crippen LogP contribution is -2.31. The van der Waals surface area contributed by atoms with Crippen LogP contribution in [0.5, 0.6) is 5.75 Å². The molecule has 0 atom stereocenters. The van der Waals surface area contributed by atoms with Crippen LogP contribution in [-0.2, 0) is 4.79 Å². The second-order valence-corrected chi connectivity index (χ2v) is 8.35. The second kappa shape index (κ2) is 8.77. The zero-order valence-corrected chi connectivity index (χ0v) is 17.1. The van der Waals surface area contributed by atoms with E-state index in [9.17, 15) is 4.79 Å². The van der Waals surface area contributed by atoms with Crippen LogP contribution in [0.2, 0.25) is 5.02 Å². The van der Waals surface area contributed by atoms with Gasteiger partial charge < -0.3 is 9.64 Å². The second-order valence-electron chi connectivity index (χ2n) is 5.94. The number of benzene rings is 1. The van der Waals surface area contributed by atoms with Crippen molar-refractivity contribution in [3.05, 3.63) is 69.9 Å². The zero-order valence-electron chi connectivity index (χ0n) is 14.7. The van der Waals surface area contributed by atoms with Gasteiger partial charge in [-0.15, -0.1) is 23.1 Å². The molecular formula is C20H16ClN3O2S2. The van der Waals surface area contributed by atoms with Crippen LogP contribution in [0.1, 0.15) is 5.69 Å². The average Bonchev–Trinajstić information content (AvgIpc) is 3.38. The fourth-order valence-corrected chi connectivity index (χ4v) is 4.58. The van der Waals surface area contributed by atoms with Crippen molar-refractivity contribution in [3.8, 4) is 16.3 Å². The van der Waals surface area contributed by atoms with Crippen molar-refractivity contribution in [2.24, 2.45) is 0 Å². The molecule has 0 bridgehead atoms. The SMILES string of the molecule is O=C(COc1ccc(Cl)cc1)N1CCS/C1=C/c1csc(-c2cccnc2)n1. The Morgan fingerprint density at radius 1 is 1.29 bits per heavy atom. The number of aromatic nitrogens is 2. The van der Waals surface area contributed by atoms with E-state index in [4.69, 9.17) is 16.3 Å². The largest absolute Gasteiger partial charge is 0.484 e. The van der Waals surface area contributed by atoms with Crippen LogP contribution < -0.4 is 4.74 Å². The molecule has 3 heterocycles. The van der Waals surface area contributed by atoms with Gasteiger partial charge in [0.25, 0.3) is 5.91 Å². The van der Waals surface area contributed by atoms with Gasteiger partial charge in [-0.3, -0.25) is 9.78 Å². The molecule has 4 rings (SSSR count). The molecule has 8 heteroatoms. The minimum Gasteiger partial charge on any atom is -0.484 e. The average molecular weight is 430 g/mol. The lowest BCUT2D eigenvalue weighted by atomic mass is 10.3. The number of hydrogen-bond acceptors (Lipinski definition) is 6. The predicted octanol–water partition coefficient (Wildman–Crippen LogP) is 4.81. The van der Waals surface area contributed by atoms with Crippen molar-refractivity contribution in [2.75, 3.05) is 18.9 Å². The maximum Gasteiger partial charge on any atom is 0.265 e. The normalized spacial score (nSPS) is 15.2. The number of pyridine rings is 1. The molecule has 0 saturated carbocycles. The maximum atomic E-state index is 12.6. The fourth-order valence-electron chi connectivity index (χ4n) is 2.65. The van der Waals surface area contributed by atoms with Gasteiger partial charge in [0.2, 0.25) is 0 Å². The minimum absolute atomic E-state index is 0.0163. The van der Waals surface area contributed by atoms with E-state index >= 15 is 0 Å². The van der Waals surface area contributed by atoms with Crippen molar-refractivity contribution >= 4 is 46.7 Å². The third-order valence-corrected chi connectivity index (χ3v) is 6.19. The van der Waals surface area contributed by atoms with E-state index in [1.807, 2.05) is 23.6 Å². The maximum absolute atomic E-state index is 12.6. The molecule has 1 fully saturated rings. The summed E-state index contributed by atoms with van der Waals surface area (Å²) in [6.45, 7) is 0.649. The number of rotatable bonds is 5. The first kappa shape index (κ1) is 19.0. The summed E-state index contributed by atoms with van der Waals surface area (Å²) in [5.74, 6) is 1.41. The van der Waals surface area contributed by atoms with Gasteiger partial charge in [0, 0.05) is 40.7 Å². The summed E-state index contributed by atoms with van der Waals surface area (Å²) in [5.41, 5.74) is 1.82. The lowest BCUT2D eigenvalue weighted by Gasteiger charge is -2.17. The van der Waals surface area contributed by atoms with Crippen LogP contribution in [-0.4, -0.2) is 39.7 Å². The monoisotopic (exact) mass is 429 g/mol. The highest BCUT2D eigenvalue weighted by molar-refractivity contribution is 8.03. The van der Waals surface area contributed by atoms with Crippen molar-refractivity contribution in [1.82, 2.24) is 14.9 Å². The van der Waals surface area contributed by atoms with Gasteiger partial charge in [-0.1, -0.05) is 11.6 Å². The fraction of sp³-hybridized carbons (Fsp3) is 0.150. The summed E-state index contributed by atoms with van der Waals surface area (Å²) < 4.78 is 5.59. The zero-order chi connectivity index (χ0) is 19.3. The van der Waals surface area contributed by atoms with Gasteiger partial charge in [0.1, 0.15) is 10.8 Å². The van der Waals surface area contributed by atoms with Crippen LogP contribution in [0.25, 0.3) is 16.6 Å². The summed E-state index contributed by atoms with van der Waals surface area (Å²) in [4.78, 5) is 23.1. The Morgan fingerprint density at radius 2 is 2.14 bits per heavy atom. The summed E-state index contributed by atoms with van der Waals surface area (Å²) in [5, 5.41) is 4.43.